The highest BCUT2D eigenvalue weighted by atomic mass is 16.5. The second kappa shape index (κ2) is 5.44. The molecule has 1 saturated heterocycles. The molecule has 1 aliphatic heterocycles. The molecule has 23 heavy (non-hydrogen) atoms. The molecule has 2 aromatic heterocycles. The first kappa shape index (κ1) is 16.2. The van der Waals surface area contributed by atoms with Gasteiger partial charge in [-0.15, -0.1) is 0 Å². The van der Waals surface area contributed by atoms with Crippen LogP contribution in [0.2, 0.25) is 0 Å². The molecule has 0 N–H and O–H groups in total. The van der Waals surface area contributed by atoms with Gasteiger partial charge in [-0.05, 0) is 33.1 Å². The Balaban J connectivity index is 1.90. The van der Waals surface area contributed by atoms with Crippen molar-refractivity contribution < 1.29 is 4.74 Å². The zero-order valence-corrected chi connectivity index (χ0v) is 14.7. The van der Waals surface area contributed by atoms with Crippen molar-refractivity contribution in [3.63, 3.8) is 0 Å². The third-order valence-corrected chi connectivity index (χ3v) is 4.41. The standard InChI is InChI=1S/C17H26N4O2/c1-16(2,3)13-9-14-18-11-20(15(22)21(14)19-13)10-12-7-6-8-17(4,5)23-12/h9,11-12H,6-8,10H2,1-5H3. The van der Waals surface area contributed by atoms with Crippen LogP contribution in [0.15, 0.2) is 17.2 Å². The van der Waals surface area contributed by atoms with E-state index in [0.29, 0.717) is 12.2 Å². The Hall–Kier alpha value is -1.69. The smallest absolute Gasteiger partial charge is 0.351 e. The van der Waals surface area contributed by atoms with Gasteiger partial charge < -0.3 is 4.74 Å². The molecular formula is C17H26N4O2. The SMILES string of the molecule is CC1(C)CCCC(Cn2cnc3cc(C(C)(C)C)nn3c2=O)O1. The Bertz CT molecular complexity index is 767. The minimum atomic E-state index is -0.155. The van der Waals surface area contributed by atoms with Crippen LogP contribution in [0.5, 0.6) is 0 Å². The third-order valence-electron chi connectivity index (χ3n) is 4.41. The van der Waals surface area contributed by atoms with Crippen LogP contribution < -0.4 is 5.69 Å². The minimum Gasteiger partial charge on any atom is -0.370 e. The van der Waals surface area contributed by atoms with E-state index in [0.717, 1.165) is 25.0 Å². The van der Waals surface area contributed by atoms with Crippen molar-refractivity contribution in [3.05, 3.63) is 28.6 Å². The van der Waals surface area contributed by atoms with Crippen molar-refractivity contribution in [2.24, 2.45) is 0 Å². The summed E-state index contributed by atoms with van der Waals surface area (Å²) in [5, 5.41) is 4.45. The third kappa shape index (κ3) is 3.32. The summed E-state index contributed by atoms with van der Waals surface area (Å²) in [7, 11) is 0. The van der Waals surface area contributed by atoms with Gasteiger partial charge in [-0.3, -0.25) is 4.57 Å². The molecule has 6 heteroatoms. The first-order valence-electron chi connectivity index (χ1n) is 8.29. The summed E-state index contributed by atoms with van der Waals surface area (Å²) in [6.07, 6.45) is 4.81. The first-order valence-corrected chi connectivity index (χ1v) is 8.29. The minimum absolute atomic E-state index is 0.0494. The summed E-state index contributed by atoms with van der Waals surface area (Å²) in [6, 6.07) is 1.88. The van der Waals surface area contributed by atoms with Crippen molar-refractivity contribution in [2.75, 3.05) is 0 Å². The van der Waals surface area contributed by atoms with Gasteiger partial charge in [0.25, 0.3) is 0 Å². The van der Waals surface area contributed by atoms with Crippen LogP contribution in [-0.4, -0.2) is 30.9 Å². The topological polar surface area (TPSA) is 61.4 Å². The van der Waals surface area contributed by atoms with E-state index in [1.54, 1.807) is 10.9 Å². The lowest BCUT2D eigenvalue weighted by Gasteiger charge is -2.36. The van der Waals surface area contributed by atoms with Gasteiger partial charge in [-0.25, -0.2) is 9.78 Å². The number of aromatic nitrogens is 4. The number of rotatable bonds is 2. The molecule has 0 amide bonds. The van der Waals surface area contributed by atoms with Crippen LogP contribution in [0.1, 0.15) is 59.6 Å². The maximum Gasteiger partial charge on any atom is 0.351 e. The summed E-state index contributed by atoms with van der Waals surface area (Å²) in [6.45, 7) is 11.0. The molecule has 0 aromatic carbocycles. The summed E-state index contributed by atoms with van der Waals surface area (Å²) in [5.74, 6) is 0. The molecule has 0 spiro atoms. The monoisotopic (exact) mass is 318 g/mol. The van der Waals surface area contributed by atoms with E-state index in [-0.39, 0.29) is 22.8 Å². The number of hydrogen-bond acceptors (Lipinski definition) is 4. The van der Waals surface area contributed by atoms with E-state index in [1.165, 1.54) is 4.52 Å². The number of hydrogen-bond donors (Lipinski definition) is 0. The van der Waals surface area contributed by atoms with E-state index in [4.69, 9.17) is 4.74 Å². The van der Waals surface area contributed by atoms with Crippen LogP contribution in [-0.2, 0) is 16.7 Å². The lowest BCUT2D eigenvalue weighted by molar-refractivity contribution is -0.112. The quantitative estimate of drug-likeness (QED) is 0.853. The van der Waals surface area contributed by atoms with Gasteiger partial charge in [-0.1, -0.05) is 20.8 Å². The zero-order chi connectivity index (χ0) is 16.8. The molecule has 1 unspecified atom stereocenters. The maximum atomic E-state index is 12.7. The fourth-order valence-corrected chi connectivity index (χ4v) is 3.07. The van der Waals surface area contributed by atoms with E-state index < -0.39 is 0 Å². The van der Waals surface area contributed by atoms with Crippen molar-refractivity contribution in [2.45, 2.75) is 77.5 Å². The molecule has 2 aromatic rings. The number of ether oxygens (including phenoxy) is 1. The lowest BCUT2D eigenvalue weighted by atomic mass is 9.93. The van der Waals surface area contributed by atoms with Crippen LogP contribution >= 0.6 is 0 Å². The molecule has 1 atom stereocenters. The van der Waals surface area contributed by atoms with Crippen molar-refractivity contribution in [1.82, 2.24) is 19.2 Å². The van der Waals surface area contributed by atoms with E-state index >= 15 is 0 Å². The molecule has 0 bridgehead atoms. The van der Waals surface area contributed by atoms with Gasteiger partial charge in [0.05, 0.1) is 23.9 Å². The Morgan fingerprint density at radius 3 is 2.78 bits per heavy atom. The second-order valence-corrected chi connectivity index (χ2v) is 8.12. The molecule has 1 aliphatic rings. The largest absolute Gasteiger partial charge is 0.370 e. The highest BCUT2D eigenvalue weighted by Crippen LogP contribution is 2.28. The fraction of sp³-hybridized carbons (Fsp3) is 0.706. The second-order valence-electron chi connectivity index (χ2n) is 8.12. The average molecular weight is 318 g/mol. The average Bonchev–Trinajstić information content (AvgIpc) is 2.86. The van der Waals surface area contributed by atoms with E-state index in [1.807, 2.05) is 6.07 Å². The lowest BCUT2D eigenvalue weighted by Crippen LogP contribution is -2.40. The molecule has 3 rings (SSSR count). The van der Waals surface area contributed by atoms with E-state index in [2.05, 4.69) is 44.7 Å². The Kier molecular flexibility index (Phi) is 3.83. The Morgan fingerprint density at radius 1 is 1.39 bits per heavy atom. The predicted octanol–water partition coefficient (Wildman–Crippen LogP) is 2.54. The Morgan fingerprint density at radius 2 is 2.13 bits per heavy atom. The van der Waals surface area contributed by atoms with Crippen LogP contribution in [0.4, 0.5) is 0 Å². The summed E-state index contributed by atoms with van der Waals surface area (Å²) in [4.78, 5) is 17.1. The first-order chi connectivity index (χ1) is 10.7. The van der Waals surface area contributed by atoms with Gasteiger partial charge in [0.15, 0.2) is 5.65 Å². The number of nitrogens with zero attached hydrogens (tertiary/aromatic N) is 4. The molecule has 0 radical (unpaired) electrons. The van der Waals surface area contributed by atoms with Gasteiger partial charge in [-0.2, -0.15) is 9.61 Å². The molecule has 3 heterocycles. The van der Waals surface area contributed by atoms with Crippen LogP contribution in [0, 0.1) is 0 Å². The fourth-order valence-electron chi connectivity index (χ4n) is 3.07. The molecule has 6 nitrogen and oxygen atoms in total. The van der Waals surface area contributed by atoms with Crippen molar-refractivity contribution in [3.8, 4) is 0 Å². The van der Waals surface area contributed by atoms with Crippen LogP contribution in [0.3, 0.4) is 0 Å². The van der Waals surface area contributed by atoms with Gasteiger partial charge in [0, 0.05) is 11.5 Å². The van der Waals surface area contributed by atoms with E-state index in [9.17, 15) is 4.79 Å². The van der Waals surface area contributed by atoms with Crippen molar-refractivity contribution in [1.29, 1.82) is 0 Å². The highest BCUT2D eigenvalue weighted by Gasteiger charge is 2.29. The highest BCUT2D eigenvalue weighted by molar-refractivity contribution is 5.39. The molecule has 126 valence electrons. The normalized spacial score (nSPS) is 21.7. The Labute approximate surface area is 136 Å². The summed E-state index contributed by atoms with van der Waals surface area (Å²) >= 11 is 0. The van der Waals surface area contributed by atoms with Crippen molar-refractivity contribution >= 4 is 5.65 Å². The summed E-state index contributed by atoms with van der Waals surface area (Å²) in [5.41, 5.74) is 1.09. The molecular weight excluding hydrogens is 292 g/mol. The molecule has 1 fully saturated rings. The van der Waals surface area contributed by atoms with Gasteiger partial charge in [0.1, 0.15) is 6.33 Å². The molecule has 0 saturated carbocycles. The van der Waals surface area contributed by atoms with Gasteiger partial charge in [0.2, 0.25) is 0 Å². The maximum absolute atomic E-state index is 12.7. The number of fused-ring (bicyclic) bond motifs is 1. The zero-order valence-electron chi connectivity index (χ0n) is 14.7. The predicted molar refractivity (Wildman–Crippen MR) is 88.8 cm³/mol. The van der Waals surface area contributed by atoms with Crippen LogP contribution in [0.25, 0.3) is 5.65 Å². The molecule has 0 aliphatic carbocycles. The van der Waals surface area contributed by atoms with Gasteiger partial charge >= 0.3 is 5.69 Å². The summed E-state index contributed by atoms with van der Waals surface area (Å²) < 4.78 is 9.09.